The van der Waals surface area contributed by atoms with Crippen LogP contribution in [0.2, 0.25) is 0 Å². The van der Waals surface area contributed by atoms with Gasteiger partial charge < -0.3 is 10.1 Å². The van der Waals surface area contributed by atoms with Crippen LogP contribution in [0.5, 0.6) is 5.75 Å². The summed E-state index contributed by atoms with van der Waals surface area (Å²) < 4.78 is 19.8. The first kappa shape index (κ1) is 19.5. The summed E-state index contributed by atoms with van der Waals surface area (Å²) in [6, 6.07) is 17.7. The third-order valence-corrected chi connectivity index (χ3v) is 5.20. The molecule has 0 radical (unpaired) electrons. The first-order valence-electron chi connectivity index (χ1n) is 9.78. The van der Waals surface area contributed by atoms with Crippen molar-refractivity contribution in [1.29, 1.82) is 0 Å². The summed E-state index contributed by atoms with van der Waals surface area (Å²) in [6.45, 7) is 0. The maximum Gasteiger partial charge on any atom is 0.280 e. The Morgan fingerprint density at radius 3 is 2.66 bits per heavy atom. The number of rotatable bonds is 4. The van der Waals surface area contributed by atoms with Gasteiger partial charge in [-0.2, -0.15) is 0 Å². The van der Waals surface area contributed by atoms with E-state index in [2.05, 4.69) is 15.4 Å². The topological polar surface area (TPSA) is 89.0 Å². The summed E-state index contributed by atoms with van der Waals surface area (Å²) in [5.41, 5.74) is 2.36. The SMILES string of the molecule is COc1cccc(NC(=O)c2ccc3ncc4c(=O)n(-c5ccc(F)cc5)[nH]c4c3c2)c1. The number of aromatic amines is 1. The van der Waals surface area contributed by atoms with Gasteiger partial charge in [0.2, 0.25) is 0 Å². The molecule has 0 saturated carbocycles. The predicted octanol–water partition coefficient (Wildman–Crippen LogP) is 4.27. The second-order valence-electron chi connectivity index (χ2n) is 7.19. The van der Waals surface area contributed by atoms with Crippen LogP contribution < -0.4 is 15.6 Å². The summed E-state index contributed by atoms with van der Waals surface area (Å²) in [5, 5.41) is 6.90. The van der Waals surface area contributed by atoms with Crippen molar-refractivity contribution in [1.82, 2.24) is 14.8 Å². The first-order valence-corrected chi connectivity index (χ1v) is 9.78. The highest BCUT2D eigenvalue weighted by molar-refractivity contribution is 6.10. The Hall–Kier alpha value is -4.46. The van der Waals surface area contributed by atoms with E-state index in [1.807, 2.05) is 0 Å². The lowest BCUT2D eigenvalue weighted by Gasteiger charge is -2.08. The monoisotopic (exact) mass is 428 g/mol. The quantitative estimate of drug-likeness (QED) is 0.448. The van der Waals surface area contributed by atoms with Gasteiger partial charge in [0.1, 0.15) is 11.6 Å². The van der Waals surface area contributed by atoms with Crippen LogP contribution in [0.3, 0.4) is 0 Å². The second kappa shape index (κ2) is 7.66. The summed E-state index contributed by atoms with van der Waals surface area (Å²) >= 11 is 0. The minimum Gasteiger partial charge on any atom is -0.497 e. The molecule has 7 nitrogen and oxygen atoms in total. The number of aromatic nitrogens is 3. The number of nitrogens with one attached hydrogen (secondary N) is 2. The first-order chi connectivity index (χ1) is 15.5. The fourth-order valence-electron chi connectivity index (χ4n) is 3.58. The van der Waals surface area contributed by atoms with Crippen LogP contribution in [-0.4, -0.2) is 27.8 Å². The molecule has 5 aromatic rings. The number of hydrogen-bond donors (Lipinski definition) is 2. The lowest BCUT2D eigenvalue weighted by Crippen LogP contribution is -2.14. The highest BCUT2D eigenvalue weighted by atomic mass is 19.1. The van der Waals surface area contributed by atoms with Crippen molar-refractivity contribution in [3.8, 4) is 11.4 Å². The third kappa shape index (κ3) is 3.37. The van der Waals surface area contributed by atoms with Crippen LogP contribution in [0.4, 0.5) is 10.1 Å². The van der Waals surface area contributed by atoms with Crippen LogP contribution in [0.1, 0.15) is 10.4 Å². The van der Waals surface area contributed by atoms with E-state index in [0.29, 0.717) is 44.5 Å². The minimum absolute atomic E-state index is 0.308. The molecule has 0 aliphatic rings. The molecular formula is C24H17FN4O3. The van der Waals surface area contributed by atoms with E-state index in [4.69, 9.17) is 4.74 Å². The number of fused-ring (bicyclic) bond motifs is 3. The number of carbonyl (C=O) groups is 1. The maximum atomic E-state index is 13.3. The average molecular weight is 428 g/mol. The minimum atomic E-state index is -0.392. The van der Waals surface area contributed by atoms with Crippen molar-refractivity contribution in [2.45, 2.75) is 0 Å². The van der Waals surface area contributed by atoms with Gasteiger partial charge >= 0.3 is 0 Å². The molecule has 1 amide bonds. The Morgan fingerprint density at radius 2 is 1.88 bits per heavy atom. The number of halogens is 1. The maximum absolute atomic E-state index is 13.3. The second-order valence-corrected chi connectivity index (χ2v) is 7.19. The lowest BCUT2D eigenvalue weighted by atomic mass is 10.1. The van der Waals surface area contributed by atoms with Gasteiger partial charge in [0.15, 0.2) is 0 Å². The number of ether oxygens (including phenoxy) is 1. The van der Waals surface area contributed by atoms with Gasteiger partial charge in [-0.25, -0.2) is 9.07 Å². The summed E-state index contributed by atoms with van der Waals surface area (Å²) in [5.74, 6) is -0.0684. The summed E-state index contributed by atoms with van der Waals surface area (Å²) in [6.07, 6.45) is 1.49. The molecule has 0 aliphatic heterocycles. The van der Waals surface area contributed by atoms with Crippen LogP contribution in [-0.2, 0) is 0 Å². The molecule has 2 heterocycles. The number of carbonyl (C=O) groups excluding carboxylic acids is 1. The molecule has 0 aliphatic carbocycles. The average Bonchev–Trinajstić information content (AvgIpc) is 3.16. The summed E-state index contributed by atoms with van der Waals surface area (Å²) in [7, 11) is 1.56. The molecule has 158 valence electrons. The van der Waals surface area contributed by atoms with Crippen LogP contribution in [0.25, 0.3) is 27.5 Å². The molecule has 32 heavy (non-hydrogen) atoms. The van der Waals surface area contributed by atoms with E-state index < -0.39 is 5.82 Å². The Bertz CT molecular complexity index is 1540. The van der Waals surface area contributed by atoms with Gasteiger partial charge in [-0.15, -0.1) is 0 Å². The van der Waals surface area contributed by atoms with Crippen molar-refractivity contribution in [2.75, 3.05) is 12.4 Å². The van der Waals surface area contributed by atoms with E-state index in [-0.39, 0.29) is 11.5 Å². The van der Waals surface area contributed by atoms with Gasteiger partial charge in [-0.05, 0) is 54.6 Å². The number of H-pyrrole nitrogens is 1. The Kier molecular flexibility index (Phi) is 4.67. The Balaban J connectivity index is 1.58. The van der Waals surface area contributed by atoms with E-state index in [1.165, 1.54) is 35.1 Å². The fourth-order valence-corrected chi connectivity index (χ4v) is 3.58. The number of amides is 1. The highest BCUT2D eigenvalue weighted by Crippen LogP contribution is 2.23. The molecule has 0 bridgehead atoms. The summed E-state index contributed by atoms with van der Waals surface area (Å²) in [4.78, 5) is 30.1. The van der Waals surface area contributed by atoms with Gasteiger partial charge in [-0.3, -0.25) is 19.7 Å². The number of methoxy groups -OCH3 is 1. The van der Waals surface area contributed by atoms with Crippen molar-refractivity contribution < 1.29 is 13.9 Å². The molecule has 0 spiro atoms. The molecule has 8 heteroatoms. The molecule has 2 N–H and O–H groups in total. The Morgan fingerprint density at radius 1 is 1.06 bits per heavy atom. The largest absolute Gasteiger partial charge is 0.497 e. The molecule has 0 fully saturated rings. The third-order valence-electron chi connectivity index (χ3n) is 5.20. The Labute approximate surface area is 181 Å². The number of anilines is 1. The molecule has 0 saturated heterocycles. The number of pyridine rings is 1. The zero-order valence-corrected chi connectivity index (χ0v) is 16.9. The number of nitrogens with zero attached hydrogens (tertiary/aromatic N) is 2. The van der Waals surface area contributed by atoms with Gasteiger partial charge in [-0.1, -0.05) is 6.07 Å². The zero-order chi connectivity index (χ0) is 22.2. The number of hydrogen-bond acceptors (Lipinski definition) is 4. The van der Waals surface area contributed by atoms with Gasteiger partial charge in [0.05, 0.1) is 29.2 Å². The predicted molar refractivity (Wildman–Crippen MR) is 120 cm³/mol. The number of benzene rings is 3. The van der Waals surface area contributed by atoms with E-state index in [0.717, 1.165) is 0 Å². The molecule has 3 aromatic carbocycles. The molecule has 2 aromatic heterocycles. The normalized spacial score (nSPS) is 11.1. The van der Waals surface area contributed by atoms with Crippen molar-refractivity contribution in [3.05, 3.63) is 94.7 Å². The van der Waals surface area contributed by atoms with E-state index >= 15 is 0 Å². The lowest BCUT2D eigenvalue weighted by molar-refractivity contribution is 0.102. The highest BCUT2D eigenvalue weighted by Gasteiger charge is 2.14. The van der Waals surface area contributed by atoms with Crippen molar-refractivity contribution in [3.63, 3.8) is 0 Å². The van der Waals surface area contributed by atoms with Gasteiger partial charge in [0.25, 0.3) is 11.5 Å². The smallest absolute Gasteiger partial charge is 0.280 e. The molecule has 5 rings (SSSR count). The van der Waals surface area contributed by atoms with Crippen LogP contribution in [0, 0.1) is 5.82 Å². The fraction of sp³-hybridized carbons (Fsp3) is 0.0417. The van der Waals surface area contributed by atoms with Crippen molar-refractivity contribution in [2.24, 2.45) is 0 Å². The van der Waals surface area contributed by atoms with Crippen LogP contribution >= 0.6 is 0 Å². The molecule has 0 unspecified atom stereocenters. The molecule has 0 atom stereocenters. The van der Waals surface area contributed by atoms with Gasteiger partial charge in [0, 0.05) is 28.9 Å². The molecular weight excluding hydrogens is 411 g/mol. The standard InChI is InChI=1S/C24H17FN4O3/c1-32-18-4-2-3-16(12-18)27-23(30)14-5-10-21-19(11-14)22-20(13-26-21)24(31)29(28-22)17-8-6-15(25)7-9-17/h2-13,28H,1H3,(H,27,30). The van der Waals surface area contributed by atoms with Crippen molar-refractivity contribution >= 4 is 33.4 Å². The van der Waals surface area contributed by atoms with E-state index in [1.54, 1.807) is 49.6 Å². The van der Waals surface area contributed by atoms with E-state index in [9.17, 15) is 14.0 Å². The van der Waals surface area contributed by atoms with Crippen LogP contribution in [0.15, 0.2) is 77.7 Å². The zero-order valence-electron chi connectivity index (χ0n) is 16.9.